The molecule has 0 aliphatic carbocycles. The summed E-state index contributed by atoms with van der Waals surface area (Å²) >= 11 is 0. The van der Waals surface area contributed by atoms with Crippen LogP contribution >= 0.6 is 0 Å². The van der Waals surface area contributed by atoms with Gasteiger partial charge in [0.05, 0.1) is 20.4 Å². The van der Waals surface area contributed by atoms with Gasteiger partial charge in [-0.2, -0.15) is 5.10 Å². The van der Waals surface area contributed by atoms with E-state index < -0.39 is 11.8 Å². The van der Waals surface area contributed by atoms with E-state index in [-0.39, 0.29) is 0 Å². The molecule has 0 saturated heterocycles. The number of hydrazone groups is 1. The normalized spacial score (nSPS) is 10.4. The number of aryl methyl sites for hydroxylation is 1. The van der Waals surface area contributed by atoms with Gasteiger partial charge in [-0.3, -0.25) is 9.59 Å². The zero-order valence-corrected chi connectivity index (χ0v) is 14.9. The van der Waals surface area contributed by atoms with E-state index in [2.05, 4.69) is 15.8 Å². The summed E-state index contributed by atoms with van der Waals surface area (Å²) in [4.78, 5) is 23.9. The second-order valence-electron chi connectivity index (χ2n) is 5.28. The van der Waals surface area contributed by atoms with E-state index in [1.807, 2.05) is 19.1 Å². The van der Waals surface area contributed by atoms with Crippen LogP contribution in [0, 0.1) is 0 Å². The molecule has 7 nitrogen and oxygen atoms in total. The van der Waals surface area contributed by atoms with Crippen molar-refractivity contribution in [3.8, 4) is 11.5 Å². The van der Waals surface area contributed by atoms with E-state index in [1.165, 1.54) is 13.3 Å². The Labute approximate surface area is 152 Å². The topological polar surface area (TPSA) is 89.0 Å². The number of nitrogens with zero attached hydrogens (tertiary/aromatic N) is 1. The second kappa shape index (κ2) is 9.22. The quantitative estimate of drug-likeness (QED) is 0.473. The molecule has 136 valence electrons. The first-order valence-electron chi connectivity index (χ1n) is 8.03. The monoisotopic (exact) mass is 355 g/mol. The van der Waals surface area contributed by atoms with Crippen LogP contribution in [0.25, 0.3) is 0 Å². The van der Waals surface area contributed by atoms with Crippen molar-refractivity contribution in [2.24, 2.45) is 5.10 Å². The van der Waals surface area contributed by atoms with Gasteiger partial charge < -0.3 is 14.8 Å². The van der Waals surface area contributed by atoms with Crippen LogP contribution in [0.15, 0.2) is 47.6 Å². The number of nitrogens with one attached hydrogen (secondary N) is 2. The molecule has 0 unspecified atom stereocenters. The SMILES string of the molecule is CCc1ccccc1NC(=O)C(=O)N/N=C/c1ccc(OC)c(OC)c1. The van der Waals surface area contributed by atoms with Crippen LogP contribution < -0.4 is 20.2 Å². The lowest BCUT2D eigenvalue weighted by Gasteiger charge is -2.08. The van der Waals surface area contributed by atoms with Crippen LogP contribution in [-0.2, 0) is 16.0 Å². The molecule has 0 atom stereocenters. The van der Waals surface area contributed by atoms with Gasteiger partial charge >= 0.3 is 11.8 Å². The highest BCUT2D eigenvalue weighted by Gasteiger charge is 2.14. The maximum Gasteiger partial charge on any atom is 0.329 e. The van der Waals surface area contributed by atoms with Crippen LogP contribution in [-0.4, -0.2) is 32.2 Å². The van der Waals surface area contributed by atoms with Crippen molar-refractivity contribution < 1.29 is 19.1 Å². The number of carbonyl (C=O) groups excluding carboxylic acids is 2. The summed E-state index contributed by atoms with van der Waals surface area (Å²) < 4.78 is 10.3. The molecule has 2 N–H and O–H groups in total. The Hall–Kier alpha value is -3.35. The third kappa shape index (κ3) is 4.83. The fraction of sp³-hybridized carbons (Fsp3) is 0.211. The smallest absolute Gasteiger partial charge is 0.329 e. The summed E-state index contributed by atoms with van der Waals surface area (Å²) in [5.74, 6) is -0.512. The molecule has 0 aliphatic heterocycles. The Balaban J connectivity index is 1.97. The van der Waals surface area contributed by atoms with E-state index >= 15 is 0 Å². The van der Waals surface area contributed by atoms with E-state index in [0.717, 1.165) is 12.0 Å². The molecule has 0 aliphatic rings. The number of rotatable bonds is 6. The lowest BCUT2D eigenvalue weighted by Crippen LogP contribution is -2.32. The van der Waals surface area contributed by atoms with Gasteiger partial charge in [-0.05, 0) is 41.8 Å². The number of hydrogen-bond donors (Lipinski definition) is 2. The molecule has 0 bridgehead atoms. The molecule has 0 fully saturated rings. The molecular formula is C19H21N3O4. The number of amides is 2. The summed E-state index contributed by atoms with van der Waals surface area (Å²) in [6, 6.07) is 12.5. The largest absolute Gasteiger partial charge is 0.493 e. The van der Waals surface area contributed by atoms with Crippen molar-refractivity contribution in [2.75, 3.05) is 19.5 Å². The van der Waals surface area contributed by atoms with Gasteiger partial charge in [0.1, 0.15) is 0 Å². The van der Waals surface area contributed by atoms with Crippen molar-refractivity contribution in [1.29, 1.82) is 0 Å². The highest BCUT2D eigenvalue weighted by molar-refractivity contribution is 6.39. The molecule has 2 aromatic carbocycles. The van der Waals surface area contributed by atoms with Crippen LogP contribution in [0.5, 0.6) is 11.5 Å². The minimum Gasteiger partial charge on any atom is -0.493 e. The summed E-state index contributed by atoms with van der Waals surface area (Å²) in [5, 5.41) is 6.38. The lowest BCUT2D eigenvalue weighted by atomic mass is 10.1. The molecule has 0 heterocycles. The molecule has 0 saturated carbocycles. The number of carbonyl (C=O) groups is 2. The second-order valence-corrected chi connectivity index (χ2v) is 5.28. The zero-order chi connectivity index (χ0) is 18.9. The number of ether oxygens (including phenoxy) is 2. The maximum atomic E-state index is 12.0. The summed E-state index contributed by atoms with van der Waals surface area (Å²) in [6.07, 6.45) is 2.16. The van der Waals surface area contributed by atoms with Gasteiger partial charge in [0.15, 0.2) is 11.5 Å². The number of para-hydroxylation sites is 1. The van der Waals surface area contributed by atoms with Gasteiger partial charge in [-0.25, -0.2) is 5.43 Å². The van der Waals surface area contributed by atoms with Crippen molar-refractivity contribution in [1.82, 2.24) is 5.43 Å². The van der Waals surface area contributed by atoms with Crippen LogP contribution in [0.3, 0.4) is 0 Å². The minimum absolute atomic E-state index is 0.539. The Morgan fingerprint density at radius 2 is 1.77 bits per heavy atom. The lowest BCUT2D eigenvalue weighted by molar-refractivity contribution is -0.136. The third-order valence-electron chi connectivity index (χ3n) is 3.64. The first-order valence-corrected chi connectivity index (χ1v) is 8.03. The average molecular weight is 355 g/mol. The predicted octanol–water partition coefficient (Wildman–Crippen LogP) is 2.36. The van der Waals surface area contributed by atoms with Gasteiger partial charge in [-0.1, -0.05) is 25.1 Å². The molecule has 26 heavy (non-hydrogen) atoms. The summed E-state index contributed by atoms with van der Waals surface area (Å²) in [5.41, 5.74) is 4.44. The van der Waals surface area contributed by atoms with Crippen LogP contribution in [0.2, 0.25) is 0 Å². The Morgan fingerprint density at radius 3 is 2.46 bits per heavy atom. The fourth-order valence-corrected chi connectivity index (χ4v) is 2.28. The Morgan fingerprint density at radius 1 is 1.04 bits per heavy atom. The van der Waals surface area contributed by atoms with Crippen LogP contribution in [0.4, 0.5) is 5.69 Å². The standard InChI is InChI=1S/C19H21N3O4/c1-4-14-7-5-6-8-15(14)21-18(23)19(24)22-20-12-13-9-10-16(25-2)17(11-13)26-3/h5-12H,4H2,1-3H3,(H,21,23)(H,22,24)/b20-12+. The first kappa shape index (κ1) is 19.0. The van der Waals surface area contributed by atoms with Gasteiger partial charge in [0, 0.05) is 5.69 Å². The van der Waals surface area contributed by atoms with Gasteiger partial charge in [0.2, 0.25) is 0 Å². The van der Waals surface area contributed by atoms with Crippen molar-refractivity contribution >= 4 is 23.7 Å². The highest BCUT2D eigenvalue weighted by atomic mass is 16.5. The van der Waals surface area contributed by atoms with E-state index in [4.69, 9.17) is 9.47 Å². The summed E-state index contributed by atoms with van der Waals surface area (Å²) in [6.45, 7) is 1.97. The molecule has 2 aromatic rings. The highest BCUT2D eigenvalue weighted by Crippen LogP contribution is 2.26. The van der Waals surface area contributed by atoms with E-state index in [9.17, 15) is 9.59 Å². The maximum absolute atomic E-state index is 12.0. The van der Waals surface area contributed by atoms with Crippen molar-refractivity contribution in [3.05, 3.63) is 53.6 Å². The number of anilines is 1. The minimum atomic E-state index is -0.854. The fourth-order valence-electron chi connectivity index (χ4n) is 2.28. The Kier molecular flexibility index (Phi) is 6.73. The number of methoxy groups -OCH3 is 2. The summed E-state index contributed by atoms with van der Waals surface area (Å²) in [7, 11) is 3.07. The zero-order valence-electron chi connectivity index (χ0n) is 14.9. The average Bonchev–Trinajstić information content (AvgIpc) is 2.68. The molecule has 0 aromatic heterocycles. The molecule has 0 spiro atoms. The molecule has 2 amide bonds. The third-order valence-corrected chi connectivity index (χ3v) is 3.64. The van der Waals surface area contributed by atoms with Gasteiger partial charge in [-0.15, -0.1) is 0 Å². The molecule has 7 heteroatoms. The van der Waals surface area contributed by atoms with Crippen molar-refractivity contribution in [2.45, 2.75) is 13.3 Å². The molecule has 2 rings (SSSR count). The predicted molar refractivity (Wildman–Crippen MR) is 99.7 cm³/mol. The molecular weight excluding hydrogens is 334 g/mol. The van der Waals surface area contributed by atoms with E-state index in [1.54, 1.807) is 37.4 Å². The number of hydrogen-bond acceptors (Lipinski definition) is 5. The van der Waals surface area contributed by atoms with E-state index in [0.29, 0.717) is 22.7 Å². The number of benzene rings is 2. The first-order chi connectivity index (χ1) is 12.6. The van der Waals surface area contributed by atoms with Crippen LogP contribution in [0.1, 0.15) is 18.1 Å². The molecule has 0 radical (unpaired) electrons. The Bertz CT molecular complexity index is 818. The van der Waals surface area contributed by atoms with Gasteiger partial charge in [0.25, 0.3) is 0 Å². The van der Waals surface area contributed by atoms with Crippen molar-refractivity contribution in [3.63, 3.8) is 0 Å².